The van der Waals surface area contributed by atoms with Crippen molar-refractivity contribution in [1.29, 1.82) is 0 Å². The van der Waals surface area contributed by atoms with Crippen LogP contribution < -0.4 is 5.32 Å². The third kappa shape index (κ3) is 1.51. The summed E-state index contributed by atoms with van der Waals surface area (Å²) in [5.74, 6) is 0.118. The van der Waals surface area contributed by atoms with Gasteiger partial charge in [0, 0.05) is 29.6 Å². The molecule has 0 saturated heterocycles. The zero-order valence-corrected chi connectivity index (χ0v) is 11.2. The van der Waals surface area contributed by atoms with Gasteiger partial charge in [-0.2, -0.15) is 0 Å². The van der Waals surface area contributed by atoms with E-state index in [4.69, 9.17) is 0 Å². The van der Waals surface area contributed by atoms with Gasteiger partial charge in [-0.1, -0.05) is 18.2 Å². The maximum atomic E-state index is 11.8. The molecule has 4 heteroatoms. The van der Waals surface area contributed by atoms with Crippen LogP contribution in [0.3, 0.4) is 0 Å². The molecular formula is C16H15N3O. The standard InChI is InChI=1S/C16H15N3O/c1-9(20)11-6-17-7-12-15-10-4-2-3-5-13(10)18-8-14(15)19-16(11)12/h2-5,8,11,17,19H,6-7H2,1H3. The van der Waals surface area contributed by atoms with Gasteiger partial charge in [-0.3, -0.25) is 9.78 Å². The highest BCUT2D eigenvalue weighted by Crippen LogP contribution is 2.34. The Balaban J connectivity index is 2.10. The number of rotatable bonds is 1. The van der Waals surface area contributed by atoms with E-state index in [2.05, 4.69) is 21.4 Å². The van der Waals surface area contributed by atoms with Gasteiger partial charge in [0.2, 0.25) is 0 Å². The summed E-state index contributed by atoms with van der Waals surface area (Å²) < 4.78 is 0. The van der Waals surface area contributed by atoms with Crippen LogP contribution in [0.25, 0.3) is 21.8 Å². The molecule has 1 aromatic carbocycles. The molecule has 4 nitrogen and oxygen atoms in total. The van der Waals surface area contributed by atoms with E-state index in [0.717, 1.165) is 28.7 Å². The summed E-state index contributed by atoms with van der Waals surface area (Å²) in [7, 11) is 0. The molecule has 2 aromatic heterocycles. The lowest BCUT2D eigenvalue weighted by atomic mass is 9.93. The average molecular weight is 265 g/mol. The van der Waals surface area contributed by atoms with Crippen LogP contribution >= 0.6 is 0 Å². The fraction of sp³-hybridized carbons (Fsp3) is 0.250. The lowest BCUT2D eigenvalue weighted by Gasteiger charge is -2.21. The van der Waals surface area contributed by atoms with Crippen molar-refractivity contribution < 1.29 is 4.79 Å². The number of hydrogen-bond acceptors (Lipinski definition) is 3. The molecule has 2 N–H and O–H groups in total. The van der Waals surface area contributed by atoms with E-state index in [9.17, 15) is 4.79 Å². The van der Waals surface area contributed by atoms with Crippen LogP contribution in [0.15, 0.2) is 30.5 Å². The van der Waals surface area contributed by atoms with E-state index >= 15 is 0 Å². The Morgan fingerprint density at radius 3 is 3.05 bits per heavy atom. The van der Waals surface area contributed by atoms with Crippen LogP contribution in [0.4, 0.5) is 0 Å². The Bertz CT molecular complexity index is 834. The van der Waals surface area contributed by atoms with Gasteiger partial charge in [0.25, 0.3) is 0 Å². The van der Waals surface area contributed by atoms with E-state index < -0.39 is 0 Å². The lowest BCUT2D eigenvalue weighted by molar-refractivity contribution is -0.118. The number of fused-ring (bicyclic) bond motifs is 5. The number of benzene rings is 1. The number of carbonyl (C=O) groups is 1. The van der Waals surface area contributed by atoms with Crippen LogP contribution in [-0.4, -0.2) is 22.3 Å². The van der Waals surface area contributed by atoms with Crippen molar-refractivity contribution in [3.8, 4) is 0 Å². The van der Waals surface area contributed by atoms with Crippen molar-refractivity contribution in [2.45, 2.75) is 19.4 Å². The van der Waals surface area contributed by atoms with Crippen LogP contribution in [0.1, 0.15) is 24.1 Å². The number of H-pyrrole nitrogens is 1. The zero-order chi connectivity index (χ0) is 13.7. The summed E-state index contributed by atoms with van der Waals surface area (Å²) in [5, 5.41) is 5.70. The predicted molar refractivity (Wildman–Crippen MR) is 78.7 cm³/mol. The molecule has 3 heterocycles. The summed E-state index contributed by atoms with van der Waals surface area (Å²) in [4.78, 5) is 19.7. The van der Waals surface area contributed by atoms with Gasteiger partial charge >= 0.3 is 0 Å². The Morgan fingerprint density at radius 1 is 1.35 bits per heavy atom. The minimum Gasteiger partial charge on any atom is -0.356 e. The van der Waals surface area contributed by atoms with Gasteiger partial charge in [-0.15, -0.1) is 0 Å². The zero-order valence-electron chi connectivity index (χ0n) is 11.2. The first-order valence-electron chi connectivity index (χ1n) is 6.85. The molecule has 20 heavy (non-hydrogen) atoms. The van der Waals surface area contributed by atoms with Gasteiger partial charge in [0.05, 0.1) is 23.1 Å². The largest absolute Gasteiger partial charge is 0.356 e. The van der Waals surface area contributed by atoms with Crippen LogP contribution in [0.2, 0.25) is 0 Å². The number of nitrogens with zero attached hydrogens (tertiary/aromatic N) is 1. The molecule has 0 fully saturated rings. The summed E-state index contributed by atoms with van der Waals surface area (Å²) in [6.07, 6.45) is 1.87. The predicted octanol–water partition coefficient (Wildman–Crippen LogP) is 2.49. The van der Waals surface area contributed by atoms with Crippen molar-refractivity contribution in [3.63, 3.8) is 0 Å². The quantitative estimate of drug-likeness (QED) is 0.710. The van der Waals surface area contributed by atoms with Crippen molar-refractivity contribution in [1.82, 2.24) is 15.3 Å². The molecule has 1 atom stereocenters. The minimum atomic E-state index is -0.0788. The Hall–Kier alpha value is -2.20. The molecule has 1 aliphatic heterocycles. The molecule has 0 spiro atoms. The van der Waals surface area contributed by atoms with Crippen LogP contribution in [-0.2, 0) is 11.3 Å². The molecule has 0 saturated carbocycles. The van der Waals surface area contributed by atoms with E-state index in [1.807, 2.05) is 24.4 Å². The maximum Gasteiger partial charge on any atom is 0.140 e. The highest BCUT2D eigenvalue weighted by molar-refractivity contribution is 6.07. The maximum absolute atomic E-state index is 11.8. The summed E-state index contributed by atoms with van der Waals surface area (Å²) in [5.41, 5.74) is 4.28. The summed E-state index contributed by atoms with van der Waals surface area (Å²) >= 11 is 0. The molecule has 1 aliphatic rings. The van der Waals surface area contributed by atoms with Crippen molar-refractivity contribution >= 4 is 27.6 Å². The van der Waals surface area contributed by atoms with E-state index in [0.29, 0.717) is 6.54 Å². The number of carbonyl (C=O) groups excluding carboxylic acids is 1. The molecule has 1 unspecified atom stereocenters. The second-order valence-corrected chi connectivity index (χ2v) is 5.38. The normalized spacial score (nSPS) is 18.4. The fourth-order valence-corrected chi connectivity index (χ4v) is 3.19. The number of Topliss-reactive ketones (excluding diaryl/α,β-unsaturated/α-hetero) is 1. The molecular weight excluding hydrogens is 250 g/mol. The van der Waals surface area contributed by atoms with Gasteiger partial charge in [-0.25, -0.2) is 0 Å². The second-order valence-electron chi connectivity index (χ2n) is 5.38. The highest BCUT2D eigenvalue weighted by atomic mass is 16.1. The number of pyridine rings is 1. The smallest absolute Gasteiger partial charge is 0.140 e. The van der Waals surface area contributed by atoms with Gasteiger partial charge in [0.1, 0.15) is 5.78 Å². The molecule has 3 aromatic rings. The third-order valence-electron chi connectivity index (χ3n) is 4.16. The molecule has 0 bridgehead atoms. The summed E-state index contributed by atoms with van der Waals surface area (Å²) in [6.45, 7) is 3.16. The molecule has 4 rings (SSSR count). The number of nitrogens with one attached hydrogen (secondary N) is 2. The van der Waals surface area contributed by atoms with Crippen molar-refractivity contribution in [2.75, 3.05) is 6.54 Å². The lowest BCUT2D eigenvalue weighted by Crippen LogP contribution is -2.31. The van der Waals surface area contributed by atoms with E-state index in [-0.39, 0.29) is 11.7 Å². The first kappa shape index (κ1) is 11.6. The van der Waals surface area contributed by atoms with Gasteiger partial charge in [-0.05, 0) is 18.6 Å². The average Bonchev–Trinajstić information content (AvgIpc) is 2.85. The molecule has 0 aliphatic carbocycles. The number of para-hydroxylation sites is 1. The minimum absolute atomic E-state index is 0.0788. The van der Waals surface area contributed by atoms with Crippen molar-refractivity contribution in [2.24, 2.45) is 0 Å². The van der Waals surface area contributed by atoms with E-state index in [1.54, 1.807) is 6.92 Å². The molecule has 100 valence electrons. The molecule has 0 radical (unpaired) electrons. The van der Waals surface area contributed by atoms with Gasteiger partial charge < -0.3 is 10.3 Å². The second kappa shape index (κ2) is 4.15. The first-order chi connectivity index (χ1) is 9.75. The third-order valence-corrected chi connectivity index (χ3v) is 4.16. The SMILES string of the molecule is CC(=O)C1CNCc2c1[nH]c1cnc3ccccc3c21. The number of aromatic amines is 1. The summed E-state index contributed by atoms with van der Waals surface area (Å²) in [6, 6.07) is 8.14. The first-order valence-corrected chi connectivity index (χ1v) is 6.85. The number of aromatic nitrogens is 2. The molecule has 0 amide bonds. The number of ketones is 1. The van der Waals surface area contributed by atoms with Gasteiger partial charge in [0.15, 0.2) is 0 Å². The van der Waals surface area contributed by atoms with Crippen LogP contribution in [0.5, 0.6) is 0 Å². The fourth-order valence-electron chi connectivity index (χ4n) is 3.19. The van der Waals surface area contributed by atoms with E-state index in [1.165, 1.54) is 10.9 Å². The Kier molecular flexibility index (Phi) is 2.41. The van der Waals surface area contributed by atoms with Crippen molar-refractivity contribution in [3.05, 3.63) is 41.7 Å². The Morgan fingerprint density at radius 2 is 2.20 bits per heavy atom. The Labute approximate surface area is 116 Å². The van der Waals surface area contributed by atoms with Crippen LogP contribution in [0, 0.1) is 0 Å². The topological polar surface area (TPSA) is 57.8 Å². The highest BCUT2D eigenvalue weighted by Gasteiger charge is 2.27. The monoisotopic (exact) mass is 265 g/mol. The number of hydrogen-bond donors (Lipinski definition) is 2.